The molecule has 4 rings (SSSR count). The molecule has 2 amide bonds. The van der Waals surface area contributed by atoms with Gasteiger partial charge in [-0.15, -0.1) is 0 Å². The molecule has 10 heteroatoms. The molecule has 0 unspecified atom stereocenters. The lowest BCUT2D eigenvalue weighted by Gasteiger charge is -2.26. The summed E-state index contributed by atoms with van der Waals surface area (Å²) in [5, 5.41) is 8.95. The summed E-state index contributed by atoms with van der Waals surface area (Å²) in [5.74, 6) is 0.489. The Labute approximate surface area is 228 Å². The van der Waals surface area contributed by atoms with Gasteiger partial charge in [0.05, 0.1) is 20.3 Å². The molecule has 2 aromatic carbocycles. The van der Waals surface area contributed by atoms with Crippen LogP contribution in [0.5, 0.6) is 5.75 Å². The van der Waals surface area contributed by atoms with Crippen LogP contribution in [-0.4, -0.2) is 71.7 Å². The molecule has 1 fully saturated rings. The number of rotatable bonds is 12. The number of hydrogen-bond acceptors (Lipinski definition) is 7. The number of ether oxygens (including phenoxy) is 4. The van der Waals surface area contributed by atoms with E-state index in [-0.39, 0.29) is 25.1 Å². The number of fused-ring (bicyclic) bond motifs is 1. The lowest BCUT2D eigenvalue weighted by molar-refractivity contribution is 0.0478. The van der Waals surface area contributed by atoms with Crippen molar-refractivity contribution in [1.82, 2.24) is 16.0 Å². The third kappa shape index (κ3) is 7.90. The average Bonchev–Trinajstić information content (AvgIpc) is 3.44. The van der Waals surface area contributed by atoms with Crippen LogP contribution in [0, 0.1) is 11.7 Å². The summed E-state index contributed by atoms with van der Waals surface area (Å²) in [4.78, 5) is 24.8. The Morgan fingerprint density at radius 1 is 1.18 bits per heavy atom. The summed E-state index contributed by atoms with van der Waals surface area (Å²) >= 11 is 0. The molecule has 0 spiro atoms. The van der Waals surface area contributed by atoms with Crippen molar-refractivity contribution in [2.24, 2.45) is 5.92 Å². The zero-order chi connectivity index (χ0) is 27.6. The van der Waals surface area contributed by atoms with Crippen molar-refractivity contribution < 1.29 is 32.9 Å². The molecule has 3 atom stereocenters. The third-order valence-corrected chi connectivity index (χ3v) is 7.18. The molecule has 3 N–H and O–H groups in total. The van der Waals surface area contributed by atoms with Gasteiger partial charge in [-0.2, -0.15) is 0 Å². The highest BCUT2D eigenvalue weighted by Gasteiger charge is 2.27. The summed E-state index contributed by atoms with van der Waals surface area (Å²) in [5.41, 5.74) is 2.71. The normalized spacial score (nSPS) is 18.0. The zero-order valence-electron chi connectivity index (χ0n) is 22.6. The van der Waals surface area contributed by atoms with Gasteiger partial charge in [0, 0.05) is 49.9 Å². The van der Waals surface area contributed by atoms with Gasteiger partial charge in [-0.25, -0.2) is 9.18 Å². The van der Waals surface area contributed by atoms with Crippen LogP contribution in [0.25, 0.3) is 0 Å². The predicted octanol–water partition coefficient (Wildman–Crippen LogP) is 3.36. The molecule has 0 radical (unpaired) electrons. The Balaban J connectivity index is 1.52. The molecule has 2 aromatic rings. The van der Waals surface area contributed by atoms with Crippen LogP contribution in [0.2, 0.25) is 0 Å². The minimum atomic E-state index is -0.667. The van der Waals surface area contributed by atoms with Gasteiger partial charge in [0.15, 0.2) is 0 Å². The van der Waals surface area contributed by atoms with Crippen molar-refractivity contribution in [3.05, 3.63) is 64.5 Å². The molecule has 9 nitrogen and oxygen atoms in total. The third-order valence-electron chi connectivity index (χ3n) is 7.18. The monoisotopic (exact) mass is 543 g/mol. The van der Waals surface area contributed by atoms with Gasteiger partial charge in [-0.1, -0.05) is 12.1 Å². The number of benzene rings is 2. The van der Waals surface area contributed by atoms with Crippen LogP contribution < -0.4 is 20.7 Å². The van der Waals surface area contributed by atoms with E-state index >= 15 is 0 Å². The second-order valence-electron chi connectivity index (χ2n) is 9.88. The predicted molar refractivity (Wildman–Crippen MR) is 144 cm³/mol. The van der Waals surface area contributed by atoms with E-state index < -0.39 is 18.0 Å². The molecule has 0 saturated carbocycles. The fourth-order valence-corrected chi connectivity index (χ4v) is 5.15. The highest BCUT2D eigenvalue weighted by molar-refractivity contribution is 5.95. The lowest BCUT2D eigenvalue weighted by Crippen LogP contribution is -2.41. The van der Waals surface area contributed by atoms with Crippen LogP contribution in [0.4, 0.5) is 9.18 Å². The summed E-state index contributed by atoms with van der Waals surface area (Å²) in [6.07, 6.45) is 2.54. The Hall–Kier alpha value is -3.21. The number of carbonyl (C=O) groups is 2. The van der Waals surface area contributed by atoms with Crippen LogP contribution in [0.1, 0.15) is 52.4 Å². The Bertz CT molecular complexity index is 1120. The van der Waals surface area contributed by atoms with Gasteiger partial charge in [-0.05, 0) is 67.6 Å². The molecular weight excluding hydrogens is 505 g/mol. The lowest BCUT2D eigenvalue weighted by atomic mass is 9.92. The van der Waals surface area contributed by atoms with Crippen molar-refractivity contribution in [3.63, 3.8) is 0 Å². The summed E-state index contributed by atoms with van der Waals surface area (Å²) in [6, 6.07) is 9.87. The molecular formula is C29H38FN3O6. The topological polar surface area (TPSA) is 107 Å². The number of alkyl carbamates (subject to hydrolysis) is 1. The molecule has 0 aromatic heterocycles. The van der Waals surface area contributed by atoms with Gasteiger partial charge < -0.3 is 34.9 Å². The molecule has 2 heterocycles. The van der Waals surface area contributed by atoms with Gasteiger partial charge in [0.1, 0.15) is 17.7 Å². The van der Waals surface area contributed by atoms with Gasteiger partial charge in [0.25, 0.3) is 5.91 Å². The van der Waals surface area contributed by atoms with E-state index in [1.165, 1.54) is 19.2 Å². The van der Waals surface area contributed by atoms with Gasteiger partial charge in [0.2, 0.25) is 0 Å². The van der Waals surface area contributed by atoms with Gasteiger partial charge >= 0.3 is 6.09 Å². The van der Waals surface area contributed by atoms with Crippen LogP contribution in [-0.2, 0) is 20.6 Å². The SMILES string of the molecule is CN[C@H](CNC(=O)c1cc2c(c([C@H](OCCNC(=O)OC)c3cccc(F)c3)c1)CCO2)C[C@H]1CCCOC1. The van der Waals surface area contributed by atoms with Crippen LogP contribution in [0.3, 0.4) is 0 Å². The minimum absolute atomic E-state index is 0.122. The van der Waals surface area contributed by atoms with E-state index in [1.54, 1.807) is 24.3 Å². The second-order valence-corrected chi connectivity index (χ2v) is 9.88. The number of hydrogen-bond donors (Lipinski definition) is 3. The summed E-state index contributed by atoms with van der Waals surface area (Å²) in [7, 11) is 3.19. The van der Waals surface area contributed by atoms with E-state index in [9.17, 15) is 14.0 Å². The smallest absolute Gasteiger partial charge is 0.406 e. The first-order valence-electron chi connectivity index (χ1n) is 13.5. The molecule has 0 aliphatic carbocycles. The van der Waals surface area contributed by atoms with Crippen molar-refractivity contribution in [2.75, 3.05) is 53.7 Å². The zero-order valence-corrected chi connectivity index (χ0v) is 22.6. The molecule has 2 aliphatic rings. The van der Waals surface area contributed by atoms with E-state index in [2.05, 4.69) is 20.7 Å². The van der Waals surface area contributed by atoms with Crippen LogP contribution in [0.15, 0.2) is 36.4 Å². The first-order valence-corrected chi connectivity index (χ1v) is 13.5. The number of methoxy groups -OCH3 is 1. The second kappa shape index (κ2) is 14.3. The molecule has 212 valence electrons. The van der Waals surface area contributed by atoms with Crippen molar-refractivity contribution in [3.8, 4) is 5.75 Å². The van der Waals surface area contributed by atoms with E-state index in [0.29, 0.717) is 42.4 Å². The Morgan fingerprint density at radius 2 is 2.05 bits per heavy atom. The molecule has 1 saturated heterocycles. The first kappa shape index (κ1) is 28.8. The fourth-order valence-electron chi connectivity index (χ4n) is 5.15. The quantitative estimate of drug-likeness (QED) is 0.353. The van der Waals surface area contributed by atoms with Crippen molar-refractivity contribution in [1.29, 1.82) is 0 Å². The fraction of sp³-hybridized carbons (Fsp3) is 0.517. The maximum absolute atomic E-state index is 14.2. The minimum Gasteiger partial charge on any atom is -0.493 e. The maximum atomic E-state index is 14.2. The largest absolute Gasteiger partial charge is 0.493 e. The number of likely N-dealkylation sites (N-methyl/N-ethyl adjacent to an activating group) is 1. The van der Waals surface area contributed by atoms with Crippen molar-refractivity contribution >= 4 is 12.0 Å². The number of nitrogens with one attached hydrogen (secondary N) is 3. The number of amides is 2. The highest BCUT2D eigenvalue weighted by Crippen LogP contribution is 2.38. The average molecular weight is 544 g/mol. The Kier molecular flexibility index (Phi) is 10.5. The summed E-state index contributed by atoms with van der Waals surface area (Å²) < 4.78 is 36.5. The van der Waals surface area contributed by atoms with Crippen molar-refractivity contribution in [2.45, 2.75) is 37.8 Å². The van der Waals surface area contributed by atoms with E-state index in [0.717, 1.165) is 43.6 Å². The first-order chi connectivity index (χ1) is 19.0. The van der Waals surface area contributed by atoms with Gasteiger partial charge in [-0.3, -0.25) is 4.79 Å². The molecule has 39 heavy (non-hydrogen) atoms. The molecule has 2 aliphatic heterocycles. The van der Waals surface area contributed by atoms with E-state index in [1.807, 2.05) is 7.05 Å². The number of halogens is 1. The van der Waals surface area contributed by atoms with E-state index in [4.69, 9.17) is 14.2 Å². The Morgan fingerprint density at radius 3 is 2.79 bits per heavy atom. The maximum Gasteiger partial charge on any atom is 0.406 e. The molecule has 0 bridgehead atoms. The van der Waals surface area contributed by atoms with Crippen LogP contribution >= 0.6 is 0 Å². The highest BCUT2D eigenvalue weighted by atomic mass is 19.1. The standard InChI is InChI=1S/C29H38FN3O6/c1-31-23(13-19-5-4-10-37-18-19)17-33-28(34)21-15-25(24-8-11-38-26(24)16-21)27(20-6-3-7-22(30)14-20)39-12-9-32-29(35)36-2/h3,6-7,14-16,19,23,27,31H,4-5,8-13,17-18H2,1-2H3,(H,32,35)(H,33,34)/t19-,23+,27-/m1/s1. The number of carbonyl (C=O) groups excluding carboxylic acids is 2. The summed E-state index contributed by atoms with van der Waals surface area (Å²) in [6.45, 7) is 2.89.